The lowest BCUT2D eigenvalue weighted by molar-refractivity contribution is 0.920. The highest BCUT2D eigenvalue weighted by Crippen LogP contribution is 2.25. The zero-order chi connectivity index (χ0) is 13.8. The Morgan fingerprint density at radius 3 is 2.74 bits per heavy atom. The summed E-state index contributed by atoms with van der Waals surface area (Å²) in [4.78, 5) is 2.04. The molecule has 19 heavy (non-hydrogen) atoms. The van der Waals surface area contributed by atoms with Gasteiger partial charge in [-0.1, -0.05) is 39.7 Å². The van der Waals surface area contributed by atoms with Crippen LogP contribution in [0.1, 0.15) is 11.1 Å². The molecule has 0 saturated heterocycles. The molecule has 0 fully saturated rings. The lowest BCUT2D eigenvalue weighted by Crippen LogP contribution is -2.17. The van der Waals surface area contributed by atoms with Crippen LogP contribution in [0.4, 0.5) is 5.69 Å². The molecular weight excluding hydrogens is 324 g/mol. The molecule has 0 bridgehead atoms. The fourth-order valence-corrected chi connectivity index (χ4v) is 2.47. The van der Waals surface area contributed by atoms with Crippen LogP contribution in [0.5, 0.6) is 0 Å². The van der Waals surface area contributed by atoms with Gasteiger partial charge >= 0.3 is 0 Å². The average Bonchev–Trinajstić information content (AvgIpc) is 2.38. The van der Waals surface area contributed by atoms with Gasteiger partial charge in [0.15, 0.2) is 0 Å². The molecule has 0 N–H and O–H groups in total. The quantitative estimate of drug-likeness (QED) is 0.819. The minimum absolute atomic E-state index is 0.660. The molecular formula is C15H12BrClN2. The van der Waals surface area contributed by atoms with E-state index in [9.17, 15) is 0 Å². The average molecular weight is 336 g/mol. The molecule has 0 aromatic heterocycles. The number of anilines is 1. The Kier molecular flexibility index (Phi) is 4.47. The van der Waals surface area contributed by atoms with Crippen molar-refractivity contribution in [1.82, 2.24) is 0 Å². The molecule has 0 amide bonds. The number of benzene rings is 2. The van der Waals surface area contributed by atoms with Gasteiger partial charge in [0.05, 0.1) is 11.3 Å². The van der Waals surface area contributed by atoms with Crippen molar-refractivity contribution in [1.29, 1.82) is 5.26 Å². The number of hydrogen-bond donors (Lipinski definition) is 0. The maximum atomic E-state index is 9.16. The van der Waals surface area contributed by atoms with Gasteiger partial charge in [-0.3, -0.25) is 0 Å². The van der Waals surface area contributed by atoms with Crippen molar-refractivity contribution >= 4 is 33.2 Å². The zero-order valence-corrected chi connectivity index (χ0v) is 12.7. The van der Waals surface area contributed by atoms with E-state index < -0.39 is 0 Å². The molecule has 2 aromatic carbocycles. The van der Waals surface area contributed by atoms with E-state index in [4.69, 9.17) is 16.9 Å². The van der Waals surface area contributed by atoms with Crippen molar-refractivity contribution in [3.05, 3.63) is 63.1 Å². The number of halogens is 2. The topological polar surface area (TPSA) is 27.0 Å². The largest absolute Gasteiger partial charge is 0.369 e. The summed E-state index contributed by atoms with van der Waals surface area (Å²) in [5.41, 5.74) is 2.67. The van der Waals surface area contributed by atoms with Crippen LogP contribution < -0.4 is 4.90 Å². The molecule has 2 aromatic rings. The first-order valence-electron chi connectivity index (χ1n) is 5.75. The van der Waals surface area contributed by atoms with Crippen LogP contribution in [0.15, 0.2) is 46.9 Å². The first-order valence-corrected chi connectivity index (χ1v) is 6.92. The Bertz CT molecular complexity index is 634. The Morgan fingerprint density at radius 1 is 1.26 bits per heavy atom. The highest BCUT2D eigenvalue weighted by molar-refractivity contribution is 9.10. The highest BCUT2D eigenvalue weighted by Gasteiger charge is 2.08. The second kappa shape index (κ2) is 6.10. The van der Waals surface area contributed by atoms with Gasteiger partial charge in [-0.05, 0) is 35.9 Å². The van der Waals surface area contributed by atoms with E-state index in [1.54, 1.807) is 0 Å². The minimum atomic E-state index is 0.660. The molecule has 0 radical (unpaired) electrons. The summed E-state index contributed by atoms with van der Waals surface area (Å²) in [5.74, 6) is 0. The smallest absolute Gasteiger partial charge is 0.101 e. The Morgan fingerprint density at radius 2 is 2.05 bits per heavy atom. The van der Waals surface area contributed by atoms with Gasteiger partial charge in [0.2, 0.25) is 0 Å². The van der Waals surface area contributed by atoms with Gasteiger partial charge in [0.25, 0.3) is 0 Å². The highest BCUT2D eigenvalue weighted by atomic mass is 79.9. The van der Waals surface area contributed by atoms with Gasteiger partial charge < -0.3 is 4.90 Å². The molecule has 0 aliphatic rings. The van der Waals surface area contributed by atoms with E-state index in [1.807, 2.05) is 54.4 Å². The first kappa shape index (κ1) is 13.9. The maximum Gasteiger partial charge on any atom is 0.101 e. The fourth-order valence-electron chi connectivity index (χ4n) is 1.91. The second-order valence-electron chi connectivity index (χ2n) is 4.26. The van der Waals surface area contributed by atoms with Gasteiger partial charge in [-0.15, -0.1) is 0 Å². The number of nitriles is 1. The molecule has 2 rings (SSSR count). The molecule has 96 valence electrons. The monoisotopic (exact) mass is 334 g/mol. The Balaban J connectivity index is 2.27. The molecule has 0 atom stereocenters. The normalized spacial score (nSPS) is 10.0. The molecule has 2 nitrogen and oxygen atoms in total. The van der Waals surface area contributed by atoms with E-state index in [1.165, 1.54) is 0 Å². The summed E-state index contributed by atoms with van der Waals surface area (Å²) in [6, 6.07) is 15.6. The van der Waals surface area contributed by atoms with E-state index in [0.717, 1.165) is 20.7 Å². The van der Waals surface area contributed by atoms with Crippen molar-refractivity contribution in [2.75, 3.05) is 11.9 Å². The van der Waals surface area contributed by atoms with Crippen LogP contribution in [0.3, 0.4) is 0 Å². The van der Waals surface area contributed by atoms with E-state index in [2.05, 4.69) is 22.0 Å². The van der Waals surface area contributed by atoms with Crippen LogP contribution in [0.25, 0.3) is 0 Å². The van der Waals surface area contributed by atoms with Crippen molar-refractivity contribution in [3.63, 3.8) is 0 Å². The molecule has 0 aliphatic heterocycles. The molecule has 0 aliphatic carbocycles. The van der Waals surface area contributed by atoms with Gasteiger partial charge in [0, 0.05) is 23.1 Å². The van der Waals surface area contributed by atoms with Crippen LogP contribution in [-0.2, 0) is 6.54 Å². The second-order valence-corrected chi connectivity index (χ2v) is 5.61. The van der Waals surface area contributed by atoms with E-state index in [0.29, 0.717) is 12.1 Å². The molecule has 0 unspecified atom stereocenters. The van der Waals surface area contributed by atoms with Crippen molar-refractivity contribution in [2.45, 2.75) is 6.54 Å². The van der Waals surface area contributed by atoms with Gasteiger partial charge in [-0.25, -0.2) is 0 Å². The predicted molar refractivity (Wildman–Crippen MR) is 82.4 cm³/mol. The van der Waals surface area contributed by atoms with Crippen molar-refractivity contribution in [2.24, 2.45) is 0 Å². The fraction of sp³-hybridized carbons (Fsp3) is 0.133. The third-order valence-electron chi connectivity index (χ3n) is 2.80. The first-order chi connectivity index (χ1) is 9.10. The third-order valence-corrected chi connectivity index (χ3v) is 3.53. The number of rotatable bonds is 3. The van der Waals surface area contributed by atoms with Gasteiger partial charge in [0.1, 0.15) is 6.07 Å². The number of hydrogen-bond acceptors (Lipinski definition) is 2. The van der Waals surface area contributed by atoms with Crippen LogP contribution in [0.2, 0.25) is 5.02 Å². The lowest BCUT2D eigenvalue weighted by atomic mass is 10.1. The van der Waals surface area contributed by atoms with Crippen LogP contribution in [0, 0.1) is 11.3 Å². The van der Waals surface area contributed by atoms with Crippen molar-refractivity contribution in [3.8, 4) is 6.07 Å². The predicted octanol–water partition coefficient (Wildman–Crippen LogP) is 4.61. The summed E-state index contributed by atoms with van der Waals surface area (Å²) >= 11 is 9.41. The summed E-state index contributed by atoms with van der Waals surface area (Å²) in [6.07, 6.45) is 0. The summed E-state index contributed by atoms with van der Waals surface area (Å²) in [5, 5.41) is 9.88. The summed E-state index contributed by atoms with van der Waals surface area (Å²) < 4.78 is 0.958. The lowest BCUT2D eigenvalue weighted by Gasteiger charge is -2.21. The number of nitrogens with zero attached hydrogens (tertiary/aromatic N) is 2. The molecule has 0 heterocycles. The summed E-state index contributed by atoms with van der Waals surface area (Å²) in [7, 11) is 1.96. The third kappa shape index (κ3) is 3.50. The van der Waals surface area contributed by atoms with Crippen molar-refractivity contribution < 1.29 is 0 Å². The molecule has 4 heteroatoms. The van der Waals surface area contributed by atoms with E-state index in [-0.39, 0.29) is 0 Å². The van der Waals surface area contributed by atoms with E-state index >= 15 is 0 Å². The molecule has 0 saturated carbocycles. The Labute approximate surface area is 126 Å². The molecule has 0 spiro atoms. The minimum Gasteiger partial charge on any atom is -0.369 e. The standard InChI is InChI=1S/C15H12BrClN2/c1-19(10-11-3-2-4-14(17)7-11)15-8-13(16)6-5-12(15)9-18/h2-8H,10H2,1H3. The summed E-state index contributed by atoms with van der Waals surface area (Å²) in [6.45, 7) is 0.700. The van der Waals surface area contributed by atoms with Gasteiger partial charge in [-0.2, -0.15) is 5.26 Å². The Hall–Kier alpha value is -1.50. The zero-order valence-electron chi connectivity index (χ0n) is 10.4. The van der Waals surface area contributed by atoms with Crippen LogP contribution in [-0.4, -0.2) is 7.05 Å². The maximum absolute atomic E-state index is 9.16. The van der Waals surface area contributed by atoms with Crippen LogP contribution >= 0.6 is 27.5 Å². The SMILES string of the molecule is CN(Cc1cccc(Cl)c1)c1cc(Br)ccc1C#N.